The van der Waals surface area contributed by atoms with Crippen molar-refractivity contribution in [2.45, 2.75) is 52.6 Å². The van der Waals surface area contributed by atoms with Crippen LogP contribution in [0.3, 0.4) is 0 Å². The third-order valence-corrected chi connectivity index (χ3v) is 4.18. The number of nitrogens with zero attached hydrogens (tertiary/aromatic N) is 1. The Bertz CT molecular complexity index is 221. The number of ether oxygens (including phenoxy) is 1. The number of hydrogen-bond donors (Lipinski definition) is 1. The molecule has 0 aliphatic carbocycles. The molecule has 3 heteroatoms. The Morgan fingerprint density at radius 2 is 2.06 bits per heavy atom. The minimum Gasteiger partial charge on any atom is -0.383 e. The Labute approximate surface area is 113 Å². The average Bonchev–Trinajstić information content (AvgIpc) is 2.35. The van der Waals surface area contributed by atoms with E-state index in [4.69, 9.17) is 4.74 Å². The summed E-state index contributed by atoms with van der Waals surface area (Å²) in [6.07, 6.45) is 2.53. The van der Waals surface area contributed by atoms with Crippen LogP contribution in [0.1, 0.15) is 40.5 Å². The highest BCUT2D eigenvalue weighted by molar-refractivity contribution is 4.88. The van der Waals surface area contributed by atoms with Crippen molar-refractivity contribution in [3.8, 4) is 0 Å². The van der Waals surface area contributed by atoms with Gasteiger partial charge in [0, 0.05) is 38.8 Å². The maximum Gasteiger partial charge on any atom is 0.0589 e. The average molecular weight is 256 g/mol. The van der Waals surface area contributed by atoms with Gasteiger partial charge in [-0.15, -0.1) is 0 Å². The summed E-state index contributed by atoms with van der Waals surface area (Å²) in [6, 6.07) is 1.33. The Morgan fingerprint density at radius 3 is 2.61 bits per heavy atom. The van der Waals surface area contributed by atoms with E-state index in [-0.39, 0.29) is 0 Å². The molecule has 0 aromatic heterocycles. The third kappa shape index (κ3) is 4.87. The van der Waals surface area contributed by atoms with Crippen LogP contribution in [0, 0.1) is 11.8 Å². The maximum atomic E-state index is 5.26. The molecule has 18 heavy (non-hydrogen) atoms. The molecule has 0 radical (unpaired) electrons. The van der Waals surface area contributed by atoms with Crippen LogP contribution in [-0.2, 0) is 4.74 Å². The first-order valence-corrected chi connectivity index (χ1v) is 7.54. The van der Waals surface area contributed by atoms with Crippen molar-refractivity contribution in [1.29, 1.82) is 0 Å². The van der Waals surface area contributed by atoms with Crippen LogP contribution in [0.5, 0.6) is 0 Å². The van der Waals surface area contributed by atoms with E-state index in [1.165, 1.54) is 19.4 Å². The predicted octanol–water partition coefficient (Wildman–Crippen LogP) is 2.37. The molecule has 1 heterocycles. The highest BCUT2D eigenvalue weighted by atomic mass is 16.5. The van der Waals surface area contributed by atoms with E-state index < -0.39 is 0 Å². The molecule has 0 bridgehead atoms. The van der Waals surface area contributed by atoms with Crippen molar-refractivity contribution in [2.75, 3.05) is 33.4 Å². The summed E-state index contributed by atoms with van der Waals surface area (Å²) < 4.78 is 5.26. The number of nitrogens with one attached hydrogen (secondary N) is 1. The number of rotatable bonds is 7. The molecule has 0 aromatic rings. The zero-order valence-corrected chi connectivity index (χ0v) is 12.9. The Morgan fingerprint density at radius 1 is 1.33 bits per heavy atom. The van der Waals surface area contributed by atoms with E-state index in [0.717, 1.165) is 31.5 Å². The fourth-order valence-corrected chi connectivity index (χ4v) is 2.93. The summed E-state index contributed by atoms with van der Waals surface area (Å²) in [7, 11) is 1.80. The largest absolute Gasteiger partial charge is 0.383 e. The second kappa shape index (κ2) is 8.13. The quantitative estimate of drug-likeness (QED) is 0.757. The predicted molar refractivity (Wildman–Crippen MR) is 77.9 cm³/mol. The second-order valence-electron chi connectivity index (χ2n) is 6.18. The van der Waals surface area contributed by atoms with Crippen molar-refractivity contribution in [1.82, 2.24) is 10.2 Å². The van der Waals surface area contributed by atoms with Crippen LogP contribution in [0.2, 0.25) is 0 Å². The number of methoxy groups -OCH3 is 1. The van der Waals surface area contributed by atoms with E-state index in [0.29, 0.717) is 12.1 Å². The molecule has 0 saturated carbocycles. The van der Waals surface area contributed by atoms with Gasteiger partial charge in [-0.05, 0) is 18.3 Å². The molecular formula is C15H32N2O. The zero-order chi connectivity index (χ0) is 13.5. The van der Waals surface area contributed by atoms with Crippen molar-refractivity contribution in [2.24, 2.45) is 11.8 Å². The molecule has 0 aromatic carbocycles. The fraction of sp³-hybridized carbons (Fsp3) is 1.00. The molecule has 0 spiro atoms. The highest BCUT2D eigenvalue weighted by Gasteiger charge is 2.30. The van der Waals surface area contributed by atoms with Crippen LogP contribution in [0.25, 0.3) is 0 Å². The Balaban J connectivity index is 2.54. The Hall–Kier alpha value is -0.120. The number of piperazine rings is 1. The minimum atomic E-state index is 0.655. The van der Waals surface area contributed by atoms with E-state index in [2.05, 4.69) is 37.9 Å². The topological polar surface area (TPSA) is 24.5 Å². The number of hydrogen-bond acceptors (Lipinski definition) is 3. The van der Waals surface area contributed by atoms with Crippen LogP contribution >= 0.6 is 0 Å². The van der Waals surface area contributed by atoms with Crippen LogP contribution < -0.4 is 5.32 Å². The van der Waals surface area contributed by atoms with Gasteiger partial charge in [-0.25, -0.2) is 0 Å². The normalized spacial score (nSPS) is 27.7. The molecule has 1 rings (SSSR count). The summed E-state index contributed by atoms with van der Waals surface area (Å²) in [5.74, 6) is 1.53. The SMILES string of the molecule is CCC(C)C1CNC(CC(C)C)CN1CCOC. The molecular weight excluding hydrogens is 224 g/mol. The van der Waals surface area contributed by atoms with Crippen LogP contribution in [-0.4, -0.2) is 50.3 Å². The van der Waals surface area contributed by atoms with Crippen LogP contribution in [0.4, 0.5) is 0 Å². The first-order valence-electron chi connectivity index (χ1n) is 7.54. The van der Waals surface area contributed by atoms with Gasteiger partial charge in [-0.2, -0.15) is 0 Å². The first-order chi connectivity index (χ1) is 8.58. The van der Waals surface area contributed by atoms with Gasteiger partial charge < -0.3 is 10.1 Å². The van der Waals surface area contributed by atoms with Gasteiger partial charge in [0.1, 0.15) is 0 Å². The first kappa shape index (κ1) is 15.9. The molecule has 1 saturated heterocycles. The van der Waals surface area contributed by atoms with Crippen molar-refractivity contribution in [3.05, 3.63) is 0 Å². The molecule has 1 fully saturated rings. The molecule has 3 unspecified atom stereocenters. The third-order valence-electron chi connectivity index (χ3n) is 4.18. The molecule has 0 amide bonds. The maximum absolute atomic E-state index is 5.26. The molecule has 108 valence electrons. The second-order valence-corrected chi connectivity index (χ2v) is 6.18. The van der Waals surface area contributed by atoms with Gasteiger partial charge >= 0.3 is 0 Å². The molecule has 1 aliphatic rings. The monoisotopic (exact) mass is 256 g/mol. The van der Waals surface area contributed by atoms with Gasteiger partial charge in [0.15, 0.2) is 0 Å². The summed E-state index contributed by atoms with van der Waals surface area (Å²) in [6.45, 7) is 13.5. The standard InChI is InChI=1S/C15H32N2O/c1-6-13(4)15-10-16-14(9-12(2)3)11-17(15)7-8-18-5/h12-16H,6-11H2,1-5H3. The minimum absolute atomic E-state index is 0.655. The summed E-state index contributed by atoms with van der Waals surface area (Å²) in [4.78, 5) is 2.64. The van der Waals surface area contributed by atoms with Crippen LogP contribution in [0.15, 0.2) is 0 Å². The van der Waals surface area contributed by atoms with Crippen molar-refractivity contribution >= 4 is 0 Å². The van der Waals surface area contributed by atoms with Crippen molar-refractivity contribution in [3.63, 3.8) is 0 Å². The smallest absolute Gasteiger partial charge is 0.0589 e. The van der Waals surface area contributed by atoms with Gasteiger partial charge in [-0.3, -0.25) is 4.90 Å². The molecule has 3 atom stereocenters. The summed E-state index contributed by atoms with van der Waals surface area (Å²) >= 11 is 0. The lowest BCUT2D eigenvalue weighted by Crippen LogP contribution is -2.59. The van der Waals surface area contributed by atoms with E-state index >= 15 is 0 Å². The summed E-state index contributed by atoms with van der Waals surface area (Å²) in [5, 5.41) is 3.74. The fourth-order valence-electron chi connectivity index (χ4n) is 2.93. The lowest BCUT2D eigenvalue weighted by atomic mass is 9.92. The lowest BCUT2D eigenvalue weighted by Gasteiger charge is -2.43. The van der Waals surface area contributed by atoms with Gasteiger partial charge in [0.25, 0.3) is 0 Å². The van der Waals surface area contributed by atoms with Gasteiger partial charge in [0.2, 0.25) is 0 Å². The Kier molecular flexibility index (Phi) is 7.20. The van der Waals surface area contributed by atoms with Gasteiger partial charge in [0.05, 0.1) is 6.61 Å². The molecule has 3 nitrogen and oxygen atoms in total. The van der Waals surface area contributed by atoms with E-state index in [9.17, 15) is 0 Å². The zero-order valence-electron chi connectivity index (χ0n) is 12.9. The van der Waals surface area contributed by atoms with Crippen molar-refractivity contribution < 1.29 is 4.74 Å². The van der Waals surface area contributed by atoms with E-state index in [1.807, 2.05) is 0 Å². The van der Waals surface area contributed by atoms with Gasteiger partial charge in [-0.1, -0.05) is 34.1 Å². The molecule has 1 aliphatic heterocycles. The highest BCUT2D eigenvalue weighted by Crippen LogP contribution is 2.20. The molecule has 1 N–H and O–H groups in total. The lowest BCUT2D eigenvalue weighted by molar-refractivity contribution is 0.0574. The summed E-state index contributed by atoms with van der Waals surface area (Å²) in [5.41, 5.74) is 0. The van der Waals surface area contributed by atoms with E-state index in [1.54, 1.807) is 7.11 Å².